The number of carbonyl (C=O) groups is 1. The Labute approximate surface area is 94.2 Å². The topological polar surface area (TPSA) is 35.5 Å². The third-order valence-corrected chi connectivity index (χ3v) is 2.04. The molecule has 1 atom stereocenters. The molecule has 1 aromatic carbocycles. The Morgan fingerprint density at radius 3 is 2.56 bits per heavy atom. The molecule has 1 aromatic rings. The van der Waals surface area contributed by atoms with Crippen LogP contribution in [0.25, 0.3) is 0 Å². The van der Waals surface area contributed by atoms with Crippen LogP contribution in [0.5, 0.6) is 0 Å². The van der Waals surface area contributed by atoms with Crippen molar-refractivity contribution < 1.29 is 18.7 Å². The predicted molar refractivity (Wildman–Crippen MR) is 57.3 cm³/mol. The van der Waals surface area contributed by atoms with Crippen LogP contribution >= 0.6 is 0 Å². The Bertz CT molecular complexity index is 335. The van der Waals surface area contributed by atoms with Gasteiger partial charge in [-0.05, 0) is 31.5 Å². The molecule has 0 aliphatic carbocycles. The molecule has 0 aliphatic rings. The summed E-state index contributed by atoms with van der Waals surface area (Å²) in [5.74, 6) is -0.719. The molecule has 0 bridgehead atoms. The van der Waals surface area contributed by atoms with E-state index >= 15 is 0 Å². The van der Waals surface area contributed by atoms with Gasteiger partial charge in [-0.1, -0.05) is 12.1 Å². The standard InChI is InChI=1S/C12H15FO3/c1-3-15-9(2)12(14)16-8-10-4-6-11(13)7-5-10/h4-7,9H,3,8H2,1-2H3. The van der Waals surface area contributed by atoms with Gasteiger partial charge in [0.1, 0.15) is 12.4 Å². The minimum absolute atomic E-state index is 0.135. The Morgan fingerprint density at radius 1 is 1.38 bits per heavy atom. The highest BCUT2D eigenvalue weighted by molar-refractivity contribution is 5.74. The summed E-state index contributed by atoms with van der Waals surface area (Å²) >= 11 is 0. The van der Waals surface area contributed by atoms with Gasteiger partial charge in [-0.2, -0.15) is 0 Å². The van der Waals surface area contributed by atoms with Gasteiger partial charge < -0.3 is 9.47 Å². The van der Waals surface area contributed by atoms with Crippen molar-refractivity contribution in [3.8, 4) is 0 Å². The Balaban J connectivity index is 2.39. The van der Waals surface area contributed by atoms with E-state index in [2.05, 4.69) is 0 Å². The number of benzene rings is 1. The van der Waals surface area contributed by atoms with E-state index in [-0.39, 0.29) is 12.4 Å². The number of hydrogen-bond acceptors (Lipinski definition) is 3. The summed E-state index contributed by atoms with van der Waals surface area (Å²) in [6.07, 6.45) is -0.564. The van der Waals surface area contributed by atoms with Crippen molar-refractivity contribution in [2.45, 2.75) is 26.6 Å². The molecule has 4 heteroatoms. The van der Waals surface area contributed by atoms with Crippen LogP contribution in [0, 0.1) is 5.82 Å². The maximum Gasteiger partial charge on any atom is 0.335 e. The summed E-state index contributed by atoms with van der Waals surface area (Å²) in [6.45, 7) is 4.05. The van der Waals surface area contributed by atoms with Crippen LogP contribution in [0.15, 0.2) is 24.3 Å². The number of carbonyl (C=O) groups excluding carboxylic acids is 1. The molecular weight excluding hydrogens is 211 g/mol. The summed E-state index contributed by atoms with van der Waals surface area (Å²) in [7, 11) is 0. The number of rotatable bonds is 5. The van der Waals surface area contributed by atoms with Crippen LogP contribution in [-0.2, 0) is 20.9 Å². The van der Waals surface area contributed by atoms with Crippen molar-refractivity contribution in [3.05, 3.63) is 35.6 Å². The number of esters is 1. The second-order valence-electron chi connectivity index (χ2n) is 3.33. The maximum absolute atomic E-state index is 12.6. The van der Waals surface area contributed by atoms with Gasteiger partial charge in [-0.3, -0.25) is 0 Å². The lowest BCUT2D eigenvalue weighted by Crippen LogP contribution is -2.23. The Kier molecular flexibility index (Phi) is 4.92. The average molecular weight is 226 g/mol. The molecule has 0 aromatic heterocycles. The smallest absolute Gasteiger partial charge is 0.335 e. The van der Waals surface area contributed by atoms with E-state index in [4.69, 9.17) is 9.47 Å². The van der Waals surface area contributed by atoms with Crippen LogP contribution in [0.1, 0.15) is 19.4 Å². The molecule has 0 aliphatic heterocycles. The maximum atomic E-state index is 12.6. The third-order valence-electron chi connectivity index (χ3n) is 2.04. The summed E-state index contributed by atoms with van der Waals surface area (Å²) < 4.78 is 22.7. The molecule has 88 valence electrons. The average Bonchev–Trinajstić information content (AvgIpc) is 2.28. The van der Waals surface area contributed by atoms with Gasteiger partial charge in [0, 0.05) is 6.61 Å². The SMILES string of the molecule is CCOC(C)C(=O)OCc1ccc(F)cc1. The van der Waals surface area contributed by atoms with Gasteiger partial charge in [0.25, 0.3) is 0 Å². The van der Waals surface area contributed by atoms with Crippen LogP contribution in [-0.4, -0.2) is 18.7 Å². The molecule has 0 saturated carbocycles. The highest BCUT2D eigenvalue weighted by Gasteiger charge is 2.13. The molecule has 0 radical (unpaired) electrons. The fraction of sp³-hybridized carbons (Fsp3) is 0.417. The van der Waals surface area contributed by atoms with Gasteiger partial charge in [0.15, 0.2) is 6.10 Å². The molecule has 0 amide bonds. The summed E-state index contributed by atoms with van der Waals surface area (Å²) in [5.41, 5.74) is 0.749. The summed E-state index contributed by atoms with van der Waals surface area (Å²) in [6, 6.07) is 5.81. The van der Waals surface area contributed by atoms with Gasteiger partial charge >= 0.3 is 5.97 Å². The lowest BCUT2D eigenvalue weighted by atomic mass is 10.2. The molecule has 16 heavy (non-hydrogen) atoms. The van der Waals surface area contributed by atoms with E-state index in [1.165, 1.54) is 12.1 Å². The highest BCUT2D eigenvalue weighted by Crippen LogP contribution is 2.05. The van der Waals surface area contributed by atoms with Crippen LogP contribution in [0.2, 0.25) is 0 Å². The largest absolute Gasteiger partial charge is 0.459 e. The second kappa shape index (κ2) is 6.23. The van der Waals surface area contributed by atoms with Crippen LogP contribution in [0.4, 0.5) is 4.39 Å². The molecule has 1 unspecified atom stereocenters. The van der Waals surface area contributed by atoms with Gasteiger partial charge in [-0.15, -0.1) is 0 Å². The zero-order chi connectivity index (χ0) is 12.0. The number of halogens is 1. The van der Waals surface area contributed by atoms with E-state index < -0.39 is 12.1 Å². The van der Waals surface area contributed by atoms with E-state index in [1.54, 1.807) is 19.1 Å². The van der Waals surface area contributed by atoms with Gasteiger partial charge in [0.2, 0.25) is 0 Å². The van der Waals surface area contributed by atoms with Crippen molar-refractivity contribution in [2.75, 3.05) is 6.61 Å². The fourth-order valence-corrected chi connectivity index (χ4v) is 1.17. The van der Waals surface area contributed by atoms with Gasteiger partial charge in [0.05, 0.1) is 0 Å². The van der Waals surface area contributed by atoms with Crippen molar-refractivity contribution in [3.63, 3.8) is 0 Å². The van der Waals surface area contributed by atoms with Crippen molar-refractivity contribution in [1.29, 1.82) is 0 Å². The molecule has 0 saturated heterocycles. The third kappa shape index (κ3) is 3.98. The van der Waals surface area contributed by atoms with E-state index in [1.807, 2.05) is 6.92 Å². The first-order valence-corrected chi connectivity index (χ1v) is 5.16. The molecule has 1 rings (SSSR count). The predicted octanol–water partition coefficient (Wildman–Crippen LogP) is 2.29. The first kappa shape index (κ1) is 12.6. The summed E-state index contributed by atoms with van der Waals surface area (Å²) in [5, 5.41) is 0. The van der Waals surface area contributed by atoms with E-state index in [9.17, 15) is 9.18 Å². The fourth-order valence-electron chi connectivity index (χ4n) is 1.17. The minimum atomic E-state index is -0.564. The van der Waals surface area contributed by atoms with Crippen molar-refractivity contribution in [2.24, 2.45) is 0 Å². The van der Waals surface area contributed by atoms with Gasteiger partial charge in [-0.25, -0.2) is 9.18 Å². The number of ether oxygens (including phenoxy) is 2. The van der Waals surface area contributed by atoms with E-state index in [0.29, 0.717) is 6.61 Å². The van der Waals surface area contributed by atoms with Crippen LogP contribution in [0.3, 0.4) is 0 Å². The zero-order valence-electron chi connectivity index (χ0n) is 9.40. The lowest BCUT2D eigenvalue weighted by molar-refractivity contribution is -0.157. The molecule has 0 spiro atoms. The Hall–Kier alpha value is -1.42. The Morgan fingerprint density at radius 2 is 2.00 bits per heavy atom. The summed E-state index contributed by atoms with van der Waals surface area (Å²) in [4.78, 5) is 11.4. The molecular formula is C12H15FO3. The van der Waals surface area contributed by atoms with Crippen molar-refractivity contribution in [1.82, 2.24) is 0 Å². The quantitative estimate of drug-likeness (QED) is 0.723. The highest BCUT2D eigenvalue weighted by atomic mass is 19.1. The molecule has 0 fully saturated rings. The lowest BCUT2D eigenvalue weighted by Gasteiger charge is -2.11. The normalized spacial score (nSPS) is 12.2. The zero-order valence-corrected chi connectivity index (χ0v) is 9.40. The van der Waals surface area contributed by atoms with E-state index in [0.717, 1.165) is 5.56 Å². The van der Waals surface area contributed by atoms with Crippen LogP contribution < -0.4 is 0 Å². The first-order chi connectivity index (χ1) is 7.63. The monoisotopic (exact) mass is 226 g/mol. The van der Waals surface area contributed by atoms with Crippen molar-refractivity contribution >= 4 is 5.97 Å². The second-order valence-corrected chi connectivity index (χ2v) is 3.33. The number of hydrogen-bond donors (Lipinski definition) is 0. The minimum Gasteiger partial charge on any atom is -0.459 e. The first-order valence-electron chi connectivity index (χ1n) is 5.16. The molecule has 0 N–H and O–H groups in total. The molecule has 3 nitrogen and oxygen atoms in total. The molecule has 0 heterocycles.